The van der Waals surface area contributed by atoms with Crippen LogP contribution in [0, 0.1) is 0 Å². The van der Waals surface area contributed by atoms with Crippen molar-refractivity contribution in [2.45, 2.75) is 130 Å². The molecular weight excluding hydrogens is 954 g/mol. The van der Waals surface area contributed by atoms with Crippen LogP contribution in [0.4, 0.5) is 17.7 Å². The van der Waals surface area contributed by atoms with Crippen LogP contribution in [0.15, 0.2) is 83.4 Å². The number of pyridine rings is 1. The van der Waals surface area contributed by atoms with Crippen molar-refractivity contribution in [2.75, 3.05) is 33.1 Å². The van der Waals surface area contributed by atoms with Gasteiger partial charge in [-0.15, -0.1) is 0 Å². The van der Waals surface area contributed by atoms with E-state index in [0.29, 0.717) is 43.4 Å². The van der Waals surface area contributed by atoms with E-state index in [1.165, 1.54) is 22.9 Å². The predicted octanol–water partition coefficient (Wildman–Crippen LogP) is 10.5. The number of nitrogens with one attached hydrogen (secondary N) is 1. The molecule has 2 amide bonds. The van der Waals surface area contributed by atoms with E-state index in [9.17, 15) is 13.8 Å². The van der Waals surface area contributed by atoms with E-state index in [1.54, 1.807) is 67.7 Å². The van der Waals surface area contributed by atoms with Crippen LogP contribution < -0.4 is 9.62 Å². The fourth-order valence-electron chi connectivity index (χ4n) is 10.3. The van der Waals surface area contributed by atoms with Crippen LogP contribution in [-0.4, -0.2) is 103 Å². The summed E-state index contributed by atoms with van der Waals surface area (Å²) in [6.07, 6.45) is 19.2. The van der Waals surface area contributed by atoms with E-state index in [-0.39, 0.29) is 52.5 Å². The van der Waals surface area contributed by atoms with Gasteiger partial charge in [0.05, 0.1) is 38.8 Å². The molecule has 2 saturated carbocycles. The standard InChI is InChI=1S/C52H60ClN13O3S2/c1-52(2,3)71(69)61-38-21-20-32(24-31-14-8-13-19-37(31)38)39-29-56-43(30-55-39)70-42-22-23-54-47(44(42)53)66(50-57-27-33-25-40(48(67)62(4)5)64(45(33)59-50)35-15-9-10-16-35)51-58-28-34-26-41(49(68)63(6)7)65(46(34)60-51)36-17-11-12-18-36/h8,13-14,19,22-23,25-30,32,35-36,38,61H,9-12,15-18,20-21,24H2,1-7H3/t32?,38-,71+/m0/s1. The number of nitrogens with zero attached hydrogens (tertiary/aromatic N) is 12. The molecule has 0 saturated heterocycles. The lowest BCUT2D eigenvalue weighted by molar-refractivity contribution is 0.0808. The molecule has 19 heteroatoms. The average Bonchev–Trinajstić information content (AvgIpc) is 4.19. The number of amides is 2. The second-order valence-electron chi connectivity index (χ2n) is 20.4. The van der Waals surface area contributed by atoms with E-state index in [1.807, 2.05) is 51.2 Å². The Morgan fingerprint density at radius 1 is 0.732 bits per heavy atom. The van der Waals surface area contributed by atoms with E-state index in [0.717, 1.165) is 87.1 Å². The summed E-state index contributed by atoms with van der Waals surface area (Å²) in [5.74, 6) is 0.623. The van der Waals surface area contributed by atoms with Crippen molar-refractivity contribution in [3.8, 4) is 0 Å². The molecule has 71 heavy (non-hydrogen) atoms. The number of benzene rings is 1. The molecule has 0 spiro atoms. The summed E-state index contributed by atoms with van der Waals surface area (Å²) >= 11 is 8.86. The smallest absolute Gasteiger partial charge is 0.270 e. The number of fused-ring (bicyclic) bond motifs is 3. The lowest BCUT2D eigenvalue weighted by atomic mass is 9.94. The minimum atomic E-state index is -1.22. The molecular formula is C52H60ClN13O3S2. The van der Waals surface area contributed by atoms with Crippen LogP contribution in [0.3, 0.4) is 0 Å². The molecule has 0 aliphatic heterocycles. The maximum absolute atomic E-state index is 13.7. The van der Waals surface area contributed by atoms with Gasteiger partial charge in [-0.2, -0.15) is 9.97 Å². The van der Waals surface area contributed by atoms with Crippen LogP contribution in [0.2, 0.25) is 5.02 Å². The van der Waals surface area contributed by atoms with Gasteiger partial charge in [-0.3, -0.25) is 14.6 Å². The molecule has 3 aliphatic rings. The molecule has 10 rings (SSSR count). The fourth-order valence-corrected chi connectivity index (χ4v) is 12.2. The Kier molecular flexibility index (Phi) is 13.7. The van der Waals surface area contributed by atoms with Crippen molar-refractivity contribution in [2.24, 2.45) is 0 Å². The van der Waals surface area contributed by atoms with Gasteiger partial charge in [0.1, 0.15) is 27.7 Å². The topological polar surface area (TPSA) is 173 Å². The van der Waals surface area contributed by atoms with Gasteiger partial charge < -0.3 is 18.9 Å². The number of hydrogen-bond acceptors (Lipinski definition) is 12. The maximum atomic E-state index is 13.7. The summed E-state index contributed by atoms with van der Waals surface area (Å²) in [5, 5.41) is 2.41. The number of rotatable bonds is 12. The van der Waals surface area contributed by atoms with E-state index in [4.69, 9.17) is 46.5 Å². The van der Waals surface area contributed by atoms with Gasteiger partial charge in [-0.1, -0.05) is 73.3 Å². The zero-order chi connectivity index (χ0) is 49.7. The van der Waals surface area contributed by atoms with Gasteiger partial charge in [-0.25, -0.2) is 33.8 Å². The molecule has 6 heterocycles. The summed E-state index contributed by atoms with van der Waals surface area (Å²) in [4.78, 5) is 68.0. The average molecular weight is 1010 g/mol. The summed E-state index contributed by atoms with van der Waals surface area (Å²) in [7, 11) is 5.81. The van der Waals surface area contributed by atoms with Gasteiger partial charge in [0.15, 0.2) is 5.82 Å². The SMILES string of the molecule is CN(C)C(=O)c1cc2cnc(N(c3ncc4cc(C(=O)N(C)C)n(C5CCCC5)c4n3)c3nccc(Sc4cnc(C5CC[C@H](N[S@](=O)C(C)(C)C)c6ccccc6C5)cn4)c3Cl)nc2n1C1CCCC1. The zero-order valence-electron chi connectivity index (χ0n) is 41.3. The van der Waals surface area contributed by atoms with Crippen molar-refractivity contribution < 1.29 is 13.8 Å². The monoisotopic (exact) mass is 1010 g/mol. The van der Waals surface area contributed by atoms with Crippen LogP contribution in [0.25, 0.3) is 22.1 Å². The molecule has 16 nitrogen and oxygen atoms in total. The van der Waals surface area contributed by atoms with Crippen LogP contribution in [-0.2, 0) is 17.4 Å². The molecule has 3 atom stereocenters. The van der Waals surface area contributed by atoms with Crippen molar-refractivity contribution >= 4 is 85.9 Å². The number of hydrogen-bond donors (Lipinski definition) is 1. The first kappa shape index (κ1) is 48.8. The van der Waals surface area contributed by atoms with Crippen molar-refractivity contribution in [1.29, 1.82) is 0 Å². The van der Waals surface area contributed by atoms with Gasteiger partial charge in [-0.05, 0) is 95.0 Å². The van der Waals surface area contributed by atoms with Gasteiger partial charge in [0, 0.05) is 86.5 Å². The third-order valence-electron chi connectivity index (χ3n) is 14.0. The summed E-state index contributed by atoms with van der Waals surface area (Å²) in [6, 6.07) is 14.1. The van der Waals surface area contributed by atoms with Crippen LogP contribution >= 0.6 is 23.4 Å². The Morgan fingerprint density at radius 2 is 1.31 bits per heavy atom. The minimum Gasteiger partial charge on any atom is -0.343 e. The number of anilines is 3. The van der Waals surface area contributed by atoms with Crippen LogP contribution in [0.1, 0.15) is 147 Å². The van der Waals surface area contributed by atoms with Gasteiger partial charge >= 0.3 is 0 Å². The highest BCUT2D eigenvalue weighted by molar-refractivity contribution is 7.99. The first-order valence-electron chi connectivity index (χ1n) is 24.5. The lowest BCUT2D eigenvalue weighted by Gasteiger charge is -2.24. The second kappa shape index (κ2) is 20.0. The van der Waals surface area contributed by atoms with Gasteiger partial charge in [0.25, 0.3) is 11.8 Å². The predicted molar refractivity (Wildman–Crippen MR) is 279 cm³/mol. The first-order chi connectivity index (χ1) is 34.1. The third-order valence-corrected chi connectivity index (χ3v) is 17.1. The van der Waals surface area contributed by atoms with Crippen molar-refractivity contribution in [1.82, 2.24) is 58.5 Å². The van der Waals surface area contributed by atoms with E-state index < -0.39 is 11.0 Å². The molecule has 1 N–H and O–H groups in total. The lowest BCUT2D eigenvalue weighted by Crippen LogP contribution is -2.35. The molecule has 6 aromatic heterocycles. The highest BCUT2D eigenvalue weighted by atomic mass is 35.5. The molecule has 0 radical (unpaired) electrons. The van der Waals surface area contributed by atoms with Gasteiger partial charge in [0.2, 0.25) is 11.9 Å². The van der Waals surface area contributed by atoms with Crippen molar-refractivity contribution in [3.63, 3.8) is 0 Å². The number of halogens is 1. The molecule has 7 aromatic rings. The third kappa shape index (κ3) is 9.67. The molecule has 370 valence electrons. The normalized spacial score (nSPS) is 18.2. The Labute approximate surface area is 426 Å². The summed E-state index contributed by atoms with van der Waals surface area (Å²) in [6.45, 7) is 5.96. The molecule has 1 unspecified atom stereocenters. The molecule has 1 aromatic carbocycles. The van der Waals surface area contributed by atoms with Crippen LogP contribution in [0.5, 0.6) is 0 Å². The Hall–Kier alpha value is -5.82. The highest BCUT2D eigenvalue weighted by Gasteiger charge is 2.33. The Bertz CT molecular complexity index is 3040. The quantitative estimate of drug-likeness (QED) is 0.115. The zero-order valence-corrected chi connectivity index (χ0v) is 43.7. The maximum Gasteiger partial charge on any atom is 0.270 e. The van der Waals surface area contributed by atoms with E-state index in [2.05, 4.69) is 32.1 Å². The fraction of sp³-hybridized carbons (Fsp3) is 0.442. The molecule has 0 bridgehead atoms. The molecule has 2 fully saturated rings. The number of carbonyl (C=O) groups is 2. The second-order valence-corrected chi connectivity index (χ2v) is 23.8. The molecule has 3 aliphatic carbocycles. The Balaban J connectivity index is 1.03. The highest BCUT2D eigenvalue weighted by Crippen LogP contribution is 2.44. The largest absolute Gasteiger partial charge is 0.343 e. The van der Waals surface area contributed by atoms with E-state index >= 15 is 0 Å². The summed E-state index contributed by atoms with van der Waals surface area (Å²) < 4.78 is 20.4. The minimum absolute atomic E-state index is 0.0358. The number of aromatic nitrogens is 9. The van der Waals surface area contributed by atoms with Crippen molar-refractivity contribution in [3.05, 3.63) is 107 Å². The Morgan fingerprint density at radius 3 is 1.85 bits per heavy atom. The first-order valence-corrected chi connectivity index (χ1v) is 26.9. The number of carbonyl (C=O) groups excluding carboxylic acids is 2. The summed E-state index contributed by atoms with van der Waals surface area (Å²) in [5.41, 5.74) is 5.64.